The number of ether oxygens (including phenoxy) is 1. The van der Waals surface area contributed by atoms with Gasteiger partial charge in [-0.1, -0.05) is 101 Å². The fraction of sp³-hybridized carbons (Fsp3) is 0.581. The van der Waals surface area contributed by atoms with Crippen LogP contribution in [0.15, 0.2) is 36.4 Å². The second kappa shape index (κ2) is 17.3. The van der Waals surface area contributed by atoms with Crippen LogP contribution in [0.4, 0.5) is 0 Å². The molecule has 0 radical (unpaired) electrons. The minimum atomic E-state index is -0.183. The van der Waals surface area contributed by atoms with Crippen molar-refractivity contribution >= 4 is 17.4 Å². The Morgan fingerprint density at radius 1 is 0.833 bits per heavy atom. The zero-order chi connectivity index (χ0) is 26.2. The quantitative estimate of drug-likeness (QED) is 0.183. The molecule has 0 saturated heterocycles. The van der Waals surface area contributed by atoms with Crippen molar-refractivity contribution in [3.63, 3.8) is 0 Å². The van der Waals surface area contributed by atoms with E-state index in [1.807, 2.05) is 31.2 Å². The monoisotopic (exact) mass is 516 g/mol. The second-order valence-electron chi connectivity index (χ2n) is 9.88. The normalized spacial score (nSPS) is 12.0. The van der Waals surface area contributed by atoms with Gasteiger partial charge in [0.15, 0.2) is 0 Å². The number of phenols is 2. The first-order chi connectivity index (χ1) is 17.4. The third-order valence-electron chi connectivity index (χ3n) is 6.84. The van der Waals surface area contributed by atoms with E-state index < -0.39 is 0 Å². The molecule has 2 rings (SSSR count). The molecule has 4 nitrogen and oxygen atoms in total. The molecule has 2 aromatic carbocycles. The van der Waals surface area contributed by atoms with E-state index in [-0.39, 0.29) is 34.6 Å². The van der Waals surface area contributed by atoms with E-state index in [1.165, 1.54) is 69.9 Å². The molecule has 2 aromatic rings. The van der Waals surface area contributed by atoms with E-state index in [0.29, 0.717) is 18.6 Å². The van der Waals surface area contributed by atoms with E-state index in [2.05, 4.69) is 6.92 Å². The Morgan fingerprint density at radius 3 is 2.00 bits per heavy atom. The molecular formula is C31H45ClO4. The molecular weight excluding hydrogens is 472 g/mol. The van der Waals surface area contributed by atoms with Crippen LogP contribution in [-0.4, -0.2) is 22.6 Å². The van der Waals surface area contributed by atoms with Crippen molar-refractivity contribution in [1.29, 1.82) is 0 Å². The van der Waals surface area contributed by atoms with Gasteiger partial charge in [0.25, 0.3) is 0 Å². The average Bonchev–Trinajstić information content (AvgIpc) is 2.86. The number of benzene rings is 2. The first-order valence-corrected chi connectivity index (χ1v) is 14.3. The number of Topliss-reactive ketones (excluding diaryl/α,β-unsaturated/α-hetero) is 1. The predicted octanol–water partition coefficient (Wildman–Crippen LogP) is 8.82. The topological polar surface area (TPSA) is 66.8 Å². The van der Waals surface area contributed by atoms with Gasteiger partial charge in [0, 0.05) is 24.0 Å². The number of carbonyl (C=O) groups is 1. The Morgan fingerprint density at radius 2 is 1.42 bits per heavy atom. The number of rotatable bonds is 19. The molecule has 1 unspecified atom stereocenters. The number of hydrogen-bond donors (Lipinski definition) is 2. The Labute approximate surface area is 223 Å². The van der Waals surface area contributed by atoms with Crippen molar-refractivity contribution in [2.45, 2.75) is 104 Å². The highest BCUT2D eigenvalue weighted by atomic mass is 35.5. The summed E-state index contributed by atoms with van der Waals surface area (Å²) in [6.45, 7) is 4.84. The van der Waals surface area contributed by atoms with Crippen LogP contribution in [0.2, 0.25) is 5.02 Å². The first kappa shape index (κ1) is 30.0. The highest BCUT2D eigenvalue weighted by molar-refractivity contribution is 6.32. The van der Waals surface area contributed by atoms with Gasteiger partial charge in [-0.25, -0.2) is 0 Å². The molecule has 0 spiro atoms. The van der Waals surface area contributed by atoms with Gasteiger partial charge in [0.1, 0.15) is 23.0 Å². The van der Waals surface area contributed by atoms with E-state index in [4.69, 9.17) is 16.3 Å². The van der Waals surface area contributed by atoms with Gasteiger partial charge in [0.2, 0.25) is 0 Å². The van der Waals surface area contributed by atoms with Gasteiger partial charge in [-0.15, -0.1) is 0 Å². The Hall–Kier alpha value is -2.20. The van der Waals surface area contributed by atoms with Crippen LogP contribution in [0.3, 0.4) is 0 Å². The zero-order valence-electron chi connectivity index (χ0n) is 22.2. The van der Waals surface area contributed by atoms with Crippen molar-refractivity contribution in [3.8, 4) is 17.2 Å². The SMILES string of the molecule is CCCCCCCCCCCCCC(Cc1ccc(OCC)cc1)C(=O)Cc1cc(Cl)c(O)cc1O. The van der Waals surface area contributed by atoms with Crippen LogP contribution in [-0.2, 0) is 17.6 Å². The van der Waals surface area contributed by atoms with E-state index in [1.54, 1.807) is 0 Å². The third kappa shape index (κ3) is 11.2. The molecule has 1 atom stereocenters. The molecule has 0 bridgehead atoms. The number of phenolic OH excluding ortho intramolecular Hbond substituents is 2. The largest absolute Gasteiger partial charge is 0.508 e. The molecule has 0 heterocycles. The molecule has 5 heteroatoms. The number of hydrogen-bond acceptors (Lipinski definition) is 4. The van der Waals surface area contributed by atoms with Crippen LogP contribution in [0, 0.1) is 5.92 Å². The van der Waals surface area contributed by atoms with Crippen LogP contribution >= 0.6 is 11.6 Å². The van der Waals surface area contributed by atoms with Gasteiger partial charge in [-0.05, 0) is 43.5 Å². The van der Waals surface area contributed by atoms with E-state index in [0.717, 1.165) is 30.6 Å². The summed E-state index contributed by atoms with van der Waals surface area (Å²) in [6, 6.07) is 10.7. The van der Waals surface area contributed by atoms with Crippen LogP contribution < -0.4 is 4.74 Å². The number of carbonyl (C=O) groups excluding carboxylic acids is 1. The summed E-state index contributed by atoms with van der Waals surface area (Å²) in [7, 11) is 0. The molecule has 0 aliphatic carbocycles. The molecule has 200 valence electrons. The first-order valence-electron chi connectivity index (χ1n) is 13.9. The number of halogens is 1. The van der Waals surface area contributed by atoms with Crippen molar-refractivity contribution in [2.75, 3.05) is 6.61 Å². The van der Waals surface area contributed by atoms with Crippen molar-refractivity contribution in [2.24, 2.45) is 5.92 Å². The third-order valence-corrected chi connectivity index (χ3v) is 7.14. The highest BCUT2D eigenvalue weighted by Crippen LogP contribution is 2.32. The lowest BCUT2D eigenvalue weighted by Crippen LogP contribution is -2.19. The molecule has 36 heavy (non-hydrogen) atoms. The minimum absolute atomic E-state index is 0.0908. The number of ketones is 1. The lowest BCUT2D eigenvalue weighted by atomic mass is 9.87. The standard InChI is InChI=1S/C31H45ClO4/c1-3-5-6-7-8-9-10-11-12-13-14-15-25(20-24-16-18-27(19-17-24)36-4-2)29(33)22-26-21-28(32)31(35)23-30(26)34/h16-19,21,23,25,34-35H,3-15,20,22H2,1-2H3. The summed E-state index contributed by atoms with van der Waals surface area (Å²) in [6.07, 6.45) is 15.6. The van der Waals surface area contributed by atoms with Crippen molar-refractivity contribution < 1.29 is 19.7 Å². The Balaban J connectivity index is 1.88. The summed E-state index contributed by atoms with van der Waals surface area (Å²) in [5, 5.41) is 20.1. The molecule has 0 amide bonds. The number of unbranched alkanes of at least 4 members (excludes halogenated alkanes) is 10. The van der Waals surface area contributed by atoms with Gasteiger partial charge < -0.3 is 14.9 Å². The van der Waals surface area contributed by atoms with Crippen LogP contribution in [0.5, 0.6) is 17.2 Å². The molecule has 0 saturated carbocycles. The second-order valence-corrected chi connectivity index (χ2v) is 10.3. The maximum atomic E-state index is 13.3. The maximum absolute atomic E-state index is 13.3. The fourth-order valence-electron chi connectivity index (χ4n) is 4.67. The van der Waals surface area contributed by atoms with Crippen LogP contribution in [0.25, 0.3) is 0 Å². The maximum Gasteiger partial charge on any atom is 0.140 e. The summed E-state index contributed by atoms with van der Waals surface area (Å²) in [5.41, 5.74) is 1.56. The van der Waals surface area contributed by atoms with Crippen molar-refractivity contribution in [3.05, 3.63) is 52.5 Å². The Kier molecular flexibility index (Phi) is 14.4. The molecule has 0 aliphatic rings. The summed E-state index contributed by atoms with van der Waals surface area (Å²) in [5.74, 6) is 0.511. The summed E-state index contributed by atoms with van der Waals surface area (Å²) >= 11 is 6.02. The predicted molar refractivity (Wildman–Crippen MR) is 149 cm³/mol. The Bertz CT molecular complexity index is 894. The summed E-state index contributed by atoms with van der Waals surface area (Å²) in [4.78, 5) is 13.3. The average molecular weight is 517 g/mol. The van der Waals surface area contributed by atoms with E-state index in [9.17, 15) is 15.0 Å². The van der Waals surface area contributed by atoms with Gasteiger partial charge >= 0.3 is 0 Å². The lowest BCUT2D eigenvalue weighted by molar-refractivity contribution is -0.122. The van der Waals surface area contributed by atoms with E-state index >= 15 is 0 Å². The highest BCUT2D eigenvalue weighted by Gasteiger charge is 2.21. The number of aromatic hydroxyl groups is 2. The molecule has 0 aliphatic heterocycles. The molecule has 2 N–H and O–H groups in total. The van der Waals surface area contributed by atoms with Gasteiger partial charge in [0.05, 0.1) is 11.6 Å². The lowest BCUT2D eigenvalue weighted by Gasteiger charge is -2.17. The van der Waals surface area contributed by atoms with Gasteiger partial charge in [-0.2, -0.15) is 0 Å². The van der Waals surface area contributed by atoms with Crippen molar-refractivity contribution in [1.82, 2.24) is 0 Å². The fourth-order valence-corrected chi connectivity index (χ4v) is 4.86. The summed E-state index contributed by atoms with van der Waals surface area (Å²) < 4.78 is 5.54. The van der Waals surface area contributed by atoms with Crippen LogP contribution in [0.1, 0.15) is 102 Å². The smallest absolute Gasteiger partial charge is 0.140 e. The molecule has 0 aromatic heterocycles. The van der Waals surface area contributed by atoms with Gasteiger partial charge in [-0.3, -0.25) is 4.79 Å². The zero-order valence-corrected chi connectivity index (χ0v) is 23.0. The minimum Gasteiger partial charge on any atom is -0.508 e. The molecule has 0 fully saturated rings.